The van der Waals surface area contributed by atoms with Crippen LogP contribution in [0.2, 0.25) is 0 Å². The molecule has 3 N–H and O–H groups in total. The van der Waals surface area contributed by atoms with Crippen molar-refractivity contribution in [2.75, 3.05) is 60.1 Å². The number of hydrogen-bond donors (Lipinski definition) is 2. The molecule has 0 aromatic heterocycles. The molecule has 3 rings (SSSR count). The van der Waals surface area contributed by atoms with Gasteiger partial charge in [-0.2, -0.15) is 0 Å². The fourth-order valence-corrected chi connectivity index (χ4v) is 4.38. The number of likely N-dealkylation sites (N-methyl/N-ethyl adjacent to an activating group) is 1. The molecule has 0 unspecified atom stereocenters. The minimum atomic E-state index is -0.134. The van der Waals surface area contributed by atoms with E-state index in [0.717, 1.165) is 74.4 Å². The van der Waals surface area contributed by atoms with E-state index in [9.17, 15) is 4.79 Å². The monoisotopic (exact) mass is 582 g/mol. The maximum Gasteiger partial charge on any atom is 0.226 e. The molecular weight excluding hydrogens is 537 g/mol. The van der Waals surface area contributed by atoms with Crippen LogP contribution in [0.25, 0.3) is 11.1 Å². The standard InChI is InChI=1S/C30H45N5O3.ClH.Na/c1-4-5-15-32-30(31)33-29(36)14-10-24-9-13-27(28(22-24)38-21-6-20-37-3)26-11-7-25(8-12-26)23-35-18-16-34(2)17-19-35;;/h7-9,11-13,22H,4-6,10,14-21,23H2,1-3H3,(H3,31,32,33,36);1H;. The van der Waals surface area contributed by atoms with Crippen LogP contribution < -0.4 is 15.8 Å². The Balaban J connectivity index is 0.00000400. The molecule has 0 saturated carbocycles. The fourth-order valence-electron chi connectivity index (χ4n) is 4.38. The Kier molecular flexibility index (Phi) is 18.4. The van der Waals surface area contributed by atoms with Gasteiger partial charge >= 0.3 is 0 Å². The summed E-state index contributed by atoms with van der Waals surface area (Å²) in [6.45, 7) is 9.37. The molecule has 1 aliphatic rings. The Morgan fingerprint density at radius 1 is 1.02 bits per heavy atom. The Hall–Kier alpha value is -1.65. The molecule has 1 heterocycles. The average Bonchev–Trinajstić information content (AvgIpc) is 2.92. The number of amides is 1. The summed E-state index contributed by atoms with van der Waals surface area (Å²) in [5.74, 6) is 0.883. The average molecular weight is 583 g/mol. The van der Waals surface area contributed by atoms with Crippen LogP contribution >= 0.6 is 12.4 Å². The zero-order chi connectivity index (χ0) is 27.2. The number of aryl methyl sites for hydroxylation is 1. The number of ether oxygens (including phenoxy) is 2. The van der Waals surface area contributed by atoms with Gasteiger partial charge in [0.1, 0.15) is 5.75 Å². The van der Waals surface area contributed by atoms with Gasteiger partial charge in [0.05, 0.1) is 6.61 Å². The zero-order valence-electron chi connectivity index (χ0n) is 24.8. The van der Waals surface area contributed by atoms with E-state index in [1.807, 2.05) is 6.07 Å². The SMILES string of the molecule is CCCCN=C(N)NC(=O)CCc1ccc(-c2ccc(CN3CCN(C)CC3)cc2)c(OCCCOC)c1.Cl.[Na]. The first-order valence-corrected chi connectivity index (χ1v) is 13.8. The van der Waals surface area contributed by atoms with Crippen LogP contribution in [0.1, 0.15) is 43.7 Å². The number of nitrogens with zero attached hydrogens (tertiary/aromatic N) is 3. The first-order chi connectivity index (χ1) is 18.5. The maximum atomic E-state index is 12.3. The summed E-state index contributed by atoms with van der Waals surface area (Å²) in [5.41, 5.74) is 10.4. The smallest absolute Gasteiger partial charge is 0.226 e. The molecule has 1 radical (unpaired) electrons. The first-order valence-electron chi connectivity index (χ1n) is 13.8. The van der Waals surface area contributed by atoms with Crippen molar-refractivity contribution in [2.24, 2.45) is 10.7 Å². The summed E-state index contributed by atoms with van der Waals surface area (Å²) in [5, 5.41) is 2.68. The number of piperazine rings is 1. The van der Waals surface area contributed by atoms with Gasteiger partial charge in [0, 0.05) is 101 Å². The van der Waals surface area contributed by atoms with Crippen LogP contribution in [0.5, 0.6) is 5.75 Å². The van der Waals surface area contributed by atoms with E-state index >= 15 is 0 Å². The van der Waals surface area contributed by atoms with Gasteiger partial charge in [-0.3, -0.25) is 20.0 Å². The topological polar surface area (TPSA) is 92.4 Å². The Labute approximate surface area is 268 Å². The molecule has 0 spiro atoms. The number of nitrogens with one attached hydrogen (secondary N) is 1. The Morgan fingerprint density at radius 3 is 2.40 bits per heavy atom. The van der Waals surface area contributed by atoms with Crippen molar-refractivity contribution in [3.8, 4) is 16.9 Å². The van der Waals surface area contributed by atoms with Crippen LogP contribution in [0.15, 0.2) is 47.5 Å². The maximum absolute atomic E-state index is 12.3. The number of halogens is 1. The van der Waals surface area contributed by atoms with Gasteiger partial charge in [0.2, 0.25) is 5.91 Å². The van der Waals surface area contributed by atoms with Gasteiger partial charge in [0.15, 0.2) is 5.96 Å². The number of rotatable bonds is 14. The molecule has 8 nitrogen and oxygen atoms in total. The molecule has 1 fully saturated rings. The number of benzene rings is 2. The van der Waals surface area contributed by atoms with Crippen molar-refractivity contribution in [3.63, 3.8) is 0 Å². The molecule has 1 aliphatic heterocycles. The van der Waals surface area contributed by atoms with E-state index in [-0.39, 0.29) is 53.8 Å². The van der Waals surface area contributed by atoms with Crippen molar-refractivity contribution in [2.45, 2.75) is 45.6 Å². The third kappa shape index (κ3) is 12.9. The number of unbranched alkanes of at least 4 members (excludes halogenated alkanes) is 1. The van der Waals surface area contributed by atoms with Crippen molar-refractivity contribution in [3.05, 3.63) is 53.6 Å². The van der Waals surface area contributed by atoms with Crippen molar-refractivity contribution < 1.29 is 14.3 Å². The van der Waals surface area contributed by atoms with Crippen LogP contribution in [-0.4, -0.2) is 111 Å². The van der Waals surface area contributed by atoms with Crippen LogP contribution in [0.4, 0.5) is 0 Å². The van der Waals surface area contributed by atoms with Crippen LogP contribution in [-0.2, 0) is 22.5 Å². The second-order valence-corrected chi connectivity index (χ2v) is 9.97. The second-order valence-electron chi connectivity index (χ2n) is 9.97. The molecular formula is C30H46ClN5NaO3. The fraction of sp³-hybridized carbons (Fsp3) is 0.533. The predicted molar refractivity (Wildman–Crippen MR) is 168 cm³/mol. The van der Waals surface area contributed by atoms with Gasteiger partial charge in [-0.25, -0.2) is 0 Å². The van der Waals surface area contributed by atoms with Crippen LogP contribution in [0.3, 0.4) is 0 Å². The summed E-state index contributed by atoms with van der Waals surface area (Å²) in [7, 11) is 3.88. The minimum absolute atomic E-state index is 0. The number of aliphatic imine (C=N–C) groups is 1. The number of carbonyl (C=O) groups excluding carboxylic acids is 1. The minimum Gasteiger partial charge on any atom is -0.493 e. The van der Waals surface area contributed by atoms with E-state index in [1.54, 1.807) is 7.11 Å². The summed E-state index contributed by atoms with van der Waals surface area (Å²) in [4.78, 5) is 21.4. The summed E-state index contributed by atoms with van der Waals surface area (Å²) < 4.78 is 11.4. The molecule has 2 aromatic rings. The van der Waals surface area contributed by atoms with E-state index in [2.05, 4.69) is 70.5 Å². The third-order valence-corrected chi connectivity index (χ3v) is 6.77. The summed E-state index contributed by atoms with van der Waals surface area (Å²) in [6, 6.07) is 15.0. The summed E-state index contributed by atoms with van der Waals surface area (Å²) in [6.07, 6.45) is 3.72. The number of methoxy groups -OCH3 is 1. The number of hydrogen-bond acceptors (Lipinski definition) is 6. The molecule has 0 atom stereocenters. The van der Waals surface area contributed by atoms with Crippen molar-refractivity contribution in [1.29, 1.82) is 0 Å². The van der Waals surface area contributed by atoms with Gasteiger partial charge < -0.3 is 20.1 Å². The molecule has 217 valence electrons. The van der Waals surface area contributed by atoms with E-state index in [1.165, 1.54) is 5.56 Å². The summed E-state index contributed by atoms with van der Waals surface area (Å²) >= 11 is 0. The largest absolute Gasteiger partial charge is 0.493 e. The molecule has 2 aromatic carbocycles. The van der Waals surface area contributed by atoms with Crippen LogP contribution in [0, 0.1) is 0 Å². The zero-order valence-corrected chi connectivity index (χ0v) is 27.6. The molecule has 10 heteroatoms. The second kappa shape index (κ2) is 20.3. The molecule has 0 bridgehead atoms. The first kappa shape index (κ1) is 36.4. The van der Waals surface area contributed by atoms with E-state index < -0.39 is 0 Å². The Morgan fingerprint density at radius 2 is 1.73 bits per heavy atom. The van der Waals surface area contributed by atoms with Gasteiger partial charge in [-0.05, 0) is 42.6 Å². The third-order valence-electron chi connectivity index (χ3n) is 6.77. The quantitative estimate of drug-likeness (QED) is 0.153. The molecule has 40 heavy (non-hydrogen) atoms. The number of guanidine groups is 1. The Bertz CT molecular complexity index is 1030. The molecule has 1 saturated heterocycles. The molecule has 0 aliphatic carbocycles. The van der Waals surface area contributed by atoms with Gasteiger partial charge in [-0.15, -0.1) is 12.4 Å². The number of nitrogens with two attached hydrogens (primary N) is 1. The van der Waals surface area contributed by atoms with E-state index in [4.69, 9.17) is 15.2 Å². The van der Waals surface area contributed by atoms with E-state index in [0.29, 0.717) is 32.6 Å². The van der Waals surface area contributed by atoms with Gasteiger partial charge in [0.25, 0.3) is 0 Å². The molecule has 1 amide bonds. The normalized spacial score (nSPS) is 14.2. The number of carbonyl (C=O) groups is 1. The van der Waals surface area contributed by atoms with Crippen molar-refractivity contribution in [1.82, 2.24) is 15.1 Å². The predicted octanol–water partition coefficient (Wildman–Crippen LogP) is 3.72. The van der Waals surface area contributed by atoms with Gasteiger partial charge in [-0.1, -0.05) is 49.7 Å². The van der Waals surface area contributed by atoms with Crippen molar-refractivity contribution >= 4 is 53.8 Å².